The molecule has 0 bridgehead atoms. The molecule has 0 radical (unpaired) electrons. The number of likely N-dealkylation sites (tertiary alicyclic amines) is 1. The van der Waals surface area contributed by atoms with E-state index in [-0.39, 0.29) is 5.91 Å². The highest BCUT2D eigenvalue weighted by molar-refractivity contribution is 5.95. The van der Waals surface area contributed by atoms with Gasteiger partial charge in [0.25, 0.3) is 5.91 Å². The van der Waals surface area contributed by atoms with E-state index >= 15 is 0 Å². The highest BCUT2D eigenvalue weighted by Gasteiger charge is 2.27. The molecule has 3 heterocycles. The standard InChI is InChI=1S/C21H26N6O/c1-13-6-5-7-17-18(13)25-19(24-17)15-8-10-27(11-9-15)20(28)16-12-22-21(26(3)4)23-14(16)2/h5-7,12,15H,8-11H2,1-4H3,(H,24,25). The SMILES string of the molecule is Cc1nc(N(C)C)ncc1C(=O)N1CCC(c2nc3c(C)cccc3[nH]2)CC1. The minimum Gasteiger partial charge on any atom is -0.347 e. The number of aromatic nitrogens is 4. The molecule has 0 atom stereocenters. The third kappa shape index (κ3) is 3.32. The molecular weight excluding hydrogens is 352 g/mol. The molecule has 1 aromatic carbocycles. The summed E-state index contributed by atoms with van der Waals surface area (Å²) >= 11 is 0. The van der Waals surface area contributed by atoms with Gasteiger partial charge in [0, 0.05) is 39.3 Å². The van der Waals surface area contributed by atoms with Crippen LogP contribution < -0.4 is 4.90 Å². The van der Waals surface area contributed by atoms with E-state index in [1.807, 2.05) is 36.9 Å². The molecule has 1 N–H and O–H groups in total. The topological polar surface area (TPSA) is 78.0 Å². The molecule has 1 fully saturated rings. The molecule has 146 valence electrons. The van der Waals surface area contributed by atoms with Crippen LogP contribution in [0.25, 0.3) is 11.0 Å². The van der Waals surface area contributed by atoms with Crippen LogP contribution in [0.2, 0.25) is 0 Å². The van der Waals surface area contributed by atoms with Crippen molar-refractivity contribution in [2.75, 3.05) is 32.1 Å². The van der Waals surface area contributed by atoms with E-state index in [0.29, 0.717) is 30.5 Å². The minimum absolute atomic E-state index is 0.0155. The third-order valence-corrected chi connectivity index (χ3v) is 5.50. The number of aromatic amines is 1. The van der Waals surface area contributed by atoms with Crippen molar-refractivity contribution >= 4 is 22.9 Å². The van der Waals surface area contributed by atoms with Crippen molar-refractivity contribution in [1.29, 1.82) is 0 Å². The molecule has 4 rings (SSSR count). The first-order valence-electron chi connectivity index (χ1n) is 9.69. The van der Waals surface area contributed by atoms with Crippen LogP contribution in [-0.2, 0) is 0 Å². The van der Waals surface area contributed by atoms with E-state index in [0.717, 1.165) is 35.4 Å². The maximum atomic E-state index is 12.9. The Kier molecular flexibility index (Phi) is 4.75. The lowest BCUT2D eigenvalue weighted by molar-refractivity contribution is 0.0709. The predicted molar refractivity (Wildman–Crippen MR) is 110 cm³/mol. The molecule has 7 heteroatoms. The Bertz CT molecular complexity index is 1020. The van der Waals surface area contributed by atoms with Crippen molar-refractivity contribution < 1.29 is 4.79 Å². The fraction of sp³-hybridized carbons (Fsp3) is 0.429. The fourth-order valence-electron chi connectivity index (χ4n) is 3.79. The van der Waals surface area contributed by atoms with Crippen molar-refractivity contribution in [1.82, 2.24) is 24.8 Å². The van der Waals surface area contributed by atoms with Gasteiger partial charge in [0.15, 0.2) is 0 Å². The van der Waals surface area contributed by atoms with E-state index in [1.54, 1.807) is 6.20 Å². The van der Waals surface area contributed by atoms with Gasteiger partial charge in [0.1, 0.15) is 5.82 Å². The zero-order valence-corrected chi connectivity index (χ0v) is 16.9. The number of carbonyl (C=O) groups excluding carboxylic acids is 1. The molecule has 28 heavy (non-hydrogen) atoms. The van der Waals surface area contributed by atoms with E-state index in [2.05, 4.69) is 34.0 Å². The number of nitrogens with one attached hydrogen (secondary N) is 1. The molecule has 1 aliphatic rings. The second-order valence-corrected chi connectivity index (χ2v) is 7.72. The summed E-state index contributed by atoms with van der Waals surface area (Å²) in [6.45, 7) is 5.38. The van der Waals surface area contributed by atoms with Crippen molar-refractivity contribution in [3.05, 3.63) is 47.0 Å². The number of aryl methyl sites for hydroxylation is 2. The molecule has 3 aromatic rings. The van der Waals surface area contributed by atoms with Crippen LogP contribution in [0.5, 0.6) is 0 Å². The Morgan fingerprint density at radius 1 is 1.18 bits per heavy atom. The number of piperidine rings is 1. The predicted octanol–water partition coefficient (Wildman–Crippen LogP) is 3.06. The molecule has 1 amide bonds. The molecule has 1 saturated heterocycles. The van der Waals surface area contributed by atoms with Gasteiger partial charge in [-0.15, -0.1) is 0 Å². The molecular formula is C21H26N6O. The highest BCUT2D eigenvalue weighted by Crippen LogP contribution is 2.29. The number of hydrogen-bond donors (Lipinski definition) is 1. The maximum absolute atomic E-state index is 12.9. The number of carbonyl (C=O) groups is 1. The molecule has 0 aliphatic carbocycles. The highest BCUT2D eigenvalue weighted by atomic mass is 16.2. The lowest BCUT2D eigenvalue weighted by atomic mass is 9.95. The largest absolute Gasteiger partial charge is 0.347 e. The van der Waals surface area contributed by atoms with Crippen molar-refractivity contribution in [2.24, 2.45) is 0 Å². The van der Waals surface area contributed by atoms with E-state index in [1.165, 1.54) is 5.56 Å². The Morgan fingerprint density at radius 2 is 1.93 bits per heavy atom. The van der Waals surface area contributed by atoms with Crippen LogP contribution in [0.3, 0.4) is 0 Å². The van der Waals surface area contributed by atoms with Crippen LogP contribution in [0.15, 0.2) is 24.4 Å². The number of H-pyrrole nitrogens is 1. The van der Waals surface area contributed by atoms with Crippen molar-refractivity contribution in [3.8, 4) is 0 Å². The Morgan fingerprint density at radius 3 is 2.57 bits per heavy atom. The monoisotopic (exact) mass is 378 g/mol. The van der Waals surface area contributed by atoms with Gasteiger partial charge in [-0.2, -0.15) is 0 Å². The summed E-state index contributed by atoms with van der Waals surface area (Å²) in [7, 11) is 3.78. The lowest BCUT2D eigenvalue weighted by Gasteiger charge is -2.31. The zero-order valence-electron chi connectivity index (χ0n) is 16.9. The Balaban J connectivity index is 1.46. The first-order valence-corrected chi connectivity index (χ1v) is 9.69. The summed E-state index contributed by atoms with van der Waals surface area (Å²) in [6, 6.07) is 6.20. The normalized spacial score (nSPS) is 15.2. The smallest absolute Gasteiger partial charge is 0.257 e. The van der Waals surface area contributed by atoms with E-state index in [9.17, 15) is 4.79 Å². The number of imidazole rings is 1. The summed E-state index contributed by atoms with van der Waals surface area (Å²) < 4.78 is 0. The molecule has 0 saturated carbocycles. The molecule has 1 aliphatic heterocycles. The average Bonchev–Trinajstić information content (AvgIpc) is 3.13. The van der Waals surface area contributed by atoms with Gasteiger partial charge >= 0.3 is 0 Å². The van der Waals surface area contributed by atoms with Crippen LogP contribution >= 0.6 is 0 Å². The van der Waals surface area contributed by atoms with Gasteiger partial charge in [-0.05, 0) is 38.3 Å². The quantitative estimate of drug-likeness (QED) is 0.758. The minimum atomic E-state index is 0.0155. The summed E-state index contributed by atoms with van der Waals surface area (Å²) in [4.78, 5) is 33.7. The lowest BCUT2D eigenvalue weighted by Crippen LogP contribution is -2.38. The summed E-state index contributed by atoms with van der Waals surface area (Å²) in [6.07, 6.45) is 3.45. The van der Waals surface area contributed by atoms with Gasteiger partial charge < -0.3 is 14.8 Å². The van der Waals surface area contributed by atoms with E-state index < -0.39 is 0 Å². The summed E-state index contributed by atoms with van der Waals surface area (Å²) in [5.74, 6) is 2.02. The van der Waals surface area contributed by atoms with Crippen LogP contribution in [-0.4, -0.2) is 57.9 Å². The van der Waals surface area contributed by atoms with Crippen molar-refractivity contribution in [2.45, 2.75) is 32.6 Å². The Labute approximate surface area is 164 Å². The van der Waals surface area contributed by atoms with Crippen LogP contribution in [0.4, 0.5) is 5.95 Å². The summed E-state index contributed by atoms with van der Waals surface area (Å²) in [5, 5.41) is 0. The molecule has 0 unspecified atom stereocenters. The first-order chi connectivity index (χ1) is 13.4. The van der Waals surface area contributed by atoms with Crippen molar-refractivity contribution in [3.63, 3.8) is 0 Å². The Hall–Kier alpha value is -2.96. The number of fused-ring (bicyclic) bond motifs is 1. The van der Waals surface area contributed by atoms with E-state index in [4.69, 9.17) is 4.98 Å². The second kappa shape index (κ2) is 7.22. The summed E-state index contributed by atoms with van der Waals surface area (Å²) in [5.41, 5.74) is 4.62. The average molecular weight is 378 g/mol. The number of anilines is 1. The number of para-hydroxylation sites is 1. The molecule has 0 spiro atoms. The molecule has 2 aromatic heterocycles. The van der Waals surface area contributed by atoms with Gasteiger partial charge in [-0.25, -0.2) is 15.0 Å². The zero-order chi connectivity index (χ0) is 19.8. The fourth-order valence-corrected chi connectivity index (χ4v) is 3.79. The number of nitrogens with zero attached hydrogens (tertiary/aromatic N) is 5. The second-order valence-electron chi connectivity index (χ2n) is 7.72. The van der Waals surface area contributed by atoms with Gasteiger partial charge in [-0.1, -0.05) is 12.1 Å². The number of amides is 1. The molecule has 7 nitrogen and oxygen atoms in total. The van der Waals surface area contributed by atoms with Gasteiger partial charge in [0.2, 0.25) is 5.95 Å². The first kappa shape index (κ1) is 18.4. The maximum Gasteiger partial charge on any atom is 0.257 e. The van der Waals surface area contributed by atoms with Gasteiger partial charge in [-0.3, -0.25) is 4.79 Å². The number of benzene rings is 1. The third-order valence-electron chi connectivity index (χ3n) is 5.50. The van der Waals surface area contributed by atoms with Crippen LogP contribution in [0, 0.1) is 13.8 Å². The van der Waals surface area contributed by atoms with Gasteiger partial charge in [0.05, 0.1) is 22.3 Å². The number of rotatable bonds is 3. The number of hydrogen-bond acceptors (Lipinski definition) is 5. The van der Waals surface area contributed by atoms with Crippen LogP contribution in [0.1, 0.15) is 46.2 Å².